The van der Waals surface area contributed by atoms with Crippen LogP contribution >= 0.6 is 11.3 Å². The molecular weight excluding hydrogens is 386 g/mol. The van der Waals surface area contributed by atoms with E-state index in [0.29, 0.717) is 29.9 Å². The van der Waals surface area contributed by atoms with E-state index in [2.05, 4.69) is 18.0 Å². The molecule has 6 heteroatoms. The number of Topliss-reactive ketones (excluding diaryl/α,β-unsaturated/α-hetero) is 1. The summed E-state index contributed by atoms with van der Waals surface area (Å²) in [6.07, 6.45) is 0.883. The van der Waals surface area contributed by atoms with Gasteiger partial charge in [-0.15, -0.1) is 11.3 Å². The third kappa shape index (κ3) is 3.69. The molecular formula is C23H25NO4S. The van der Waals surface area contributed by atoms with Crippen molar-refractivity contribution in [2.24, 2.45) is 5.92 Å². The van der Waals surface area contributed by atoms with Crippen LogP contribution in [0.3, 0.4) is 0 Å². The first-order valence-electron chi connectivity index (χ1n) is 9.87. The van der Waals surface area contributed by atoms with Crippen molar-refractivity contribution in [3.8, 4) is 0 Å². The van der Waals surface area contributed by atoms with Gasteiger partial charge in [-0.3, -0.25) is 9.59 Å². The van der Waals surface area contributed by atoms with Gasteiger partial charge in [0, 0.05) is 34.2 Å². The summed E-state index contributed by atoms with van der Waals surface area (Å²) in [7, 11) is 0. The number of ketones is 1. The van der Waals surface area contributed by atoms with Crippen LogP contribution in [0.5, 0.6) is 0 Å². The van der Waals surface area contributed by atoms with Crippen LogP contribution in [0.4, 0.5) is 0 Å². The monoisotopic (exact) mass is 411 g/mol. The van der Waals surface area contributed by atoms with E-state index in [1.807, 2.05) is 44.4 Å². The first-order valence-corrected chi connectivity index (χ1v) is 10.8. The predicted molar refractivity (Wildman–Crippen MR) is 112 cm³/mol. The Bertz CT molecular complexity index is 982. The van der Waals surface area contributed by atoms with Crippen LogP contribution in [0.15, 0.2) is 57.6 Å². The molecule has 0 aromatic carbocycles. The van der Waals surface area contributed by atoms with Crippen molar-refractivity contribution in [2.75, 3.05) is 0 Å². The number of furan rings is 1. The maximum absolute atomic E-state index is 13.3. The molecule has 3 heterocycles. The van der Waals surface area contributed by atoms with Gasteiger partial charge < -0.3 is 14.5 Å². The lowest BCUT2D eigenvalue weighted by molar-refractivity contribution is -0.151. The first kappa shape index (κ1) is 19.7. The lowest BCUT2D eigenvalue weighted by Crippen LogP contribution is -2.42. The fraction of sp³-hybridized carbons (Fsp3) is 0.391. The lowest BCUT2D eigenvalue weighted by Gasteiger charge is -2.39. The topological polar surface area (TPSA) is 68.5 Å². The highest BCUT2D eigenvalue weighted by Crippen LogP contribution is 2.48. The van der Waals surface area contributed by atoms with Crippen molar-refractivity contribution in [3.05, 3.63) is 69.6 Å². The van der Waals surface area contributed by atoms with E-state index in [9.17, 15) is 9.59 Å². The predicted octanol–water partition coefficient (Wildman–Crippen LogP) is 4.82. The average molecular weight is 412 g/mol. The van der Waals surface area contributed by atoms with Crippen molar-refractivity contribution in [3.63, 3.8) is 0 Å². The van der Waals surface area contributed by atoms with Gasteiger partial charge in [-0.25, -0.2) is 0 Å². The summed E-state index contributed by atoms with van der Waals surface area (Å²) in [5.41, 5.74) is 2.02. The van der Waals surface area contributed by atoms with Gasteiger partial charge in [0.25, 0.3) is 0 Å². The molecule has 4 rings (SSSR count). The fourth-order valence-corrected chi connectivity index (χ4v) is 5.12. The van der Waals surface area contributed by atoms with Crippen molar-refractivity contribution >= 4 is 23.1 Å². The Morgan fingerprint density at radius 2 is 2.10 bits per heavy atom. The Balaban J connectivity index is 1.78. The molecule has 2 aromatic rings. The second kappa shape index (κ2) is 7.67. The molecule has 0 fully saturated rings. The number of hydrogen-bond acceptors (Lipinski definition) is 6. The number of esters is 1. The summed E-state index contributed by atoms with van der Waals surface area (Å²) in [5.74, 6) is -0.0882. The Labute approximate surface area is 174 Å². The molecule has 5 nitrogen and oxygen atoms in total. The number of aryl methyl sites for hydroxylation is 1. The summed E-state index contributed by atoms with van der Waals surface area (Å²) < 4.78 is 11.4. The number of allylic oxidation sites excluding steroid dienone is 2. The lowest BCUT2D eigenvalue weighted by atomic mass is 9.71. The van der Waals surface area contributed by atoms with E-state index in [4.69, 9.17) is 9.15 Å². The van der Waals surface area contributed by atoms with E-state index in [0.717, 1.165) is 11.5 Å². The van der Waals surface area contributed by atoms with Crippen LogP contribution in [-0.2, 0) is 14.3 Å². The number of carbonyl (C=O) groups excluding carboxylic acids is 2. The zero-order chi connectivity index (χ0) is 20.7. The van der Waals surface area contributed by atoms with Gasteiger partial charge in [0.1, 0.15) is 17.4 Å². The number of nitrogens with one attached hydrogen (secondary N) is 1. The molecule has 3 unspecified atom stereocenters. The number of ether oxygens (including phenoxy) is 1. The molecule has 2 aromatic heterocycles. The van der Waals surface area contributed by atoms with Crippen LogP contribution in [0.1, 0.15) is 54.9 Å². The largest absolute Gasteiger partial charge is 0.466 e. The van der Waals surface area contributed by atoms with Crippen LogP contribution in [0.2, 0.25) is 0 Å². The quantitative estimate of drug-likeness (QED) is 0.731. The van der Waals surface area contributed by atoms with Crippen molar-refractivity contribution in [1.82, 2.24) is 5.32 Å². The second-order valence-electron chi connectivity index (χ2n) is 7.98. The number of rotatable bonds is 4. The summed E-state index contributed by atoms with van der Waals surface area (Å²) >= 11 is 1.67. The molecule has 0 saturated heterocycles. The Morgan fingerprint density at radius 3 is 2.72 bits per heavy atom. The fourth-order valence-electron chi connectivity index (χ4n) is 4.29. The summed E-state index contributed by atoms with van der Waals surface area (Å²) in [5, 5.41) is 5.31. The zero-order valence-electron chi connectivity index (χ0n) is 16.9. The van der Waals surface area contributed by atoms with Gasteiger partial charge in [0.15, 0.2) is 5.78 Å². The molecule has 0 radical (unpaired) electrons. The standard InChI is InChI=1S/C23H25NO4S/c1-12(2)27-23(26)20-14(4)24-16-10-15(19-6-5-9-29-19)11-17(25)21(16)22(20)18-8-7-13(3)28-18/h5-9,12,15,20,22,24H,4,10-11H2,1-3H3. The third-order valence-electron chi connectivity index (χ3n) is 5.46. The Morgan fingerprint density at radius 1 is 1.31 bits per heavy atom. The van der Waals surface area contributed by atoms with Crippen LogP contribution in [0.25, 0.3) is 0 Å². The first-order chi connectivity index (χ1) is 13.8. The van der Waals surface area contributed by atoms with E-state index in [1.54, 1.807) is 11.3 Å². The third-order valence-corrected chi connectivity index (χ3v) is 6.49. The molecule has 1 aliphatic carbocycles. The molecule has 29 heavy (non-hydrogen) atoms. The van der Waals surface area contributed by atoms with Crippen molar-refractivity contribution in [1.29, 1.82) is 0 Å². The van der Waals surface area contributed by atoms with Crippen molar-refractivity contribution < 1.29 is 18.7 Å². The number of thiophene rings is 1. The van der Waals surface area contributed by atoms with Gasteiger partial charge in [-0.05, 0) is 50.8 Å². The SMILES string of the molecule is C=C1NC2=C(C(=O)CC(c3cccs3)C2)C(c2ccc(C)o2)C1C(=O)OC(C)C. The second-order valence-corrected chi connectivity index (χ2v) is 8.95. The Kier molecular flexibility index (Phi) is 5.21. The van der Waals surface area contributed by atoms with Crippen LogP contribution in [-0.4, -0.2) is 17.9 Å². The smallest absolute Gasteiger partial charge is 0.316 e. The highest BCUT2D eigenvalue weighted by atomic mass is 32.1. The molecule has 1 aliphatic heterocycles. The molecule has 0 amide bonds. The van der Waals surface area contributed by atoms with Gasteiger partial charge in [0.2, 0.25) is 0 Å². The van der Waals surface area contributed by atoms with Crippen LogP contribution in [0, 0.1) is 12.8 Å². The van der Waals surface area contributed by atoms with E-state index < -0.39 is 17.8 Å². The molecule has 0 saturated carbocycles. The van der Waals surface area contributed by atoms with Gasteiger partial charge in [0.05, 0.1) is 12.0 Å². The van der Waals surface area contributed by atoms with Gasteiger partial charge in [-0.1, -0.05) is 12.6 Å². The van der Waals surface area contributed by atoms with E-state index in [1.165, 1.54) is 4.88 Å². The maximum Gasteiger partial charge on any atom is 0.316 e. The Hall–Kier alpha value is -2.60. The normalized spacial score (nSPS) is 24.5. The van der Waals surface area contributed by atoms with Gasteiger partial charge in [-0.2, -0.15) is 0 Å². The highest BCUT2D eigenvalue weighted by molar-refractivity contribution is 7.10. The molecule has 1 N–H and O–H groups in total. The minimum absolute atomic E-state index is 0.0473. The maximum atomic E-state index is 13.3. The summed E-state index contributed by atoms with van der Waals surface area (Å²) in [6.45, 7) is 9.59. The van der Waals surface area contributed by atoms with Crippen LogP contribution < -0.4 is 5.32 Å². The average Bonchev–Trinajstić information content (AvgIpc) is 3.31. The minimum atomic E-state index is -0.705. The molecule has 0 spiro atoms. The van der Waals surface area contributed by atoms with Crippen molar-refractivity contribution in [2.45, 2.75) is 51.6 Å². The summed E-state index contributed by atoms with van der Waals surface area (Å²) in [6, 6.07) is 7.78. The molecule has 152 valence electrons. The van der Waals surface area contributed by atoms with E-state index >= 15 is 0 Å². The molecule has 0 bridgehead atoms. The van der Waals surface area contributed by atoms with E-state index in [-0.39, 0.29) is 17.8 Å². The highest BCUT2D eigenvalue weighted by Gasteiger charge is 2.47. The zero-order valence-corrected chi connectivity index (χ0v) is 17.7. The van der Waals surface area contributed by atoms with Gasteiger partial charge >= 0.3 is 5.97 Å². The molecule has 2 aliphatic rings. The minimum Gasteiger partial charge on any atom is -0.466 e. The number of hydrogen-bond donors (Lipinski definition) is 1. The molecule has 3 atom stereocenters. The number of carbonyl (C=O) groups is 2. The summed E-state index contributed by atoms with van der Waals surface area (Å²) in [4.78, 5) is 27.4.